The largest absolute Gasteiger partial charge is 0.481 e. The third-order valence-electron chi connectivity index (χ3n) is 2.75. The summed E-state index contributed by atoms with van der Waals surface area (Å²) in [5.74, 6) is -0.176. The number of aliphatic carboxylic acids is 1. The Morgan fingerprint density at radius 1 is 1.20 bits per heavy atom. The van der Waals surface area contributed by atoms with E-state index in [2.05, 4.69) is 20.1 Å². The number of hydrogen-bond acceptors (Lipinski definition) is 6. The van der Waals surface area contributed by atoms with E-state index in [9.17, 15) is 4.79 Å². The molecule has 0 atom stereocenters. The minimum Gasteiger partial charge on any atom is -0.481 e. The van der Waals surface area contributed by atoms with Crippen molar-refractivity contribution in [2.24, 2.45) is 0 Å². The smallest absolute Gasteiger partial charge is 0.303 e. The Kier molecular flexibility index (Phi) is 3.08. The SMILES string of the molecule is O=C(O)CCc1nc(-c2ccc3nccnc3c2)no1. The molecule has 2 aromatic heterocycles. The monoisotopic (exact) mass is 270 g/mol. The molecule has 0 aliphatic heterocycles. The first-order valence-electron chi connectivity index (χ1n) is 5.98. The maximum absolute atomic E-state index is 10.5. The summed E-state index contributed by atoms with van der Waals surface area (Å²) in [7, 11) is 0. The Hall–Kier alpha value is -2.83. The van der Waals surface area contributed by atoms with E-state index >= 15 is 0 Å². The number of benzene rings is 1. The first-order valence-corrected chi connectivity index (χ1v) is 5.98. The molecule has 0 saturated carbocycles. The van der Waals surface area contributed by atoms with E-state index in [1.165, 1.54) is 0 Å². The van der Waals surface area contributed by atoms with Crippen molar-refractivity contribution in [3.8, 4) is 11.4 Å². The minimum absolute atomic E-state index is 0.0369. The number of carbonyl (C=O) groups is 1. The number of aromatic nitrogens is 4. The highest BCUT2D eigenvalue weighted by molar-refractivity contribution is 5.79. The van der Waals surface area contributed by atoms with Crippen molar-refractivity contribution in [1.29, 1.82) is 0 Å². The zero-order valence-corrected chi connectivity index (χ0v) is 10.4. The number of fused-ring (bicyclic) bond motifs is 1. The highest BCUT2D eigenvalue weighted by Gasteiger charge is 2.10. The second-order valence-corrected chi connectivity index (χ2v) is 4.17. The van der Waals surface area contributed by atoms with Crippen LogP contribution >= 0.6 is 0 Å². The predicted molar refractivity (Wildman–Crippen MR) is 68.8 cm³/mol. The average molecular weight is 270 g/mol. The van der Waals surface area contributed by atoms with Crippen LogP contribution in [0.2, 0.25) is 0 Å². The predicted octanol–water partition coefficient (Wildman–Crippen LogP) is 1.70. The summed E-state index contributed by atoms with van der Waals surface area (Å²) in [6, 6.07) is 5.46. The maximum atomic E-state index is 10.5. The summed E-state index contributed by atoms with van der Waals surface area (Å²) in [5, 5.41) is 12.5. The molecule has 3 aromatic rings. The molecular formula is C13H10N4O3. The fraction of sp³-hybridized carbons (Fsp3) is 0.154. The summed E-state index contributed by atoms with van der Waals surface area (Å²) in [4.78, 5) is 23.0. The summed E-state index contributed by atoms with van der Waals surface area (Å²) < 4.78 is 5.02. The summed E-state index contributed by atoms with van der Waals surface area (Å²) in [6.07, 6.45) is 3.42. The Morgan fingerprint density at radius 3 is 2.80 bits per heavy atom. The average Bonchev–Trinajstić information content (AvgIpc) is 2.93. The van der Waals surface area contributed by atoms with Crippen molar-refractivity contribution in [2.75, 3.05) is 0 Å². The first kappa shape index (κ1) is 12.2. The topological polar surface area (TPSA) is 102 Å². The first-order chi connectivity index (χ1) is 9.72. The number of hydrogen-bond donors (Lipinski definition) is 1. The molecule has 7 heteroatoms. The van der Waals surface area contributed by atoms with Gasteiger partial charge in [-0.2, -0.15) is 4.98 Å². The van der Waals surface area contributed by atoms with E-state index in [4.69, 9.17) is 9.63 Å². The fourth-order valence-electron chi connectivity index (χ4n) is 1.79. The number of carboxylic acid groups (broad SMARTS) is 1. The number of nitrogens with zero attached hydrogens (tertiary/aromatic N) is 4. The second kappa shape index (κ2) is 5.04. The van der Waals surface area contributed by atoms with Crippen LogP contribution in [0.3, 0.4) is 0 Å². The molecule has 3 rings (SSSR count). The molecule has 0 bridgehead atoms. The van der Waals surface area contributed by atoms with Gasteiger partial charge in [-0.1, -0.05) is 5.16 Å². The van der Waals surface area contributed by atoms with Crippen LogP contribution in [0.5, 0.6) is 0 Å². The van der Waals surface area contributed by atoms with Crippen LogP contribution in [-0.4, -0.2) is 31.2 Å². The van der Waals surface area contributed by atoms with E-state index in [0.717, 1.165) is 16.6 Å². The van der Waals surface area contributed by atoms with Crippen LogP contribution in [0.15, 0.2) is 35.1 Å². The van der Waals surface area contributed by atoms with Gasteiger partial charge in [-0.25, -0.2) is 0 Å². The minimum atomic E-state index is -0.897. The Morgan fingerprint density at radius 2 is 2.00 bits per heavy atom. The molecule has 20 heavy (non-hydrogen) atoms. The highest BCUT2D eigenvalue weighted by Crippen LogP contribution is 2.20. The van der Waals surface area contributed by atoms with Crippen molar-refractivity contribution < 1.29 is 14.4 Å². The zero-order chi connectivity index (χ0) is 13.9. The molecule has 100 valence electrons. The van der Waals surface area contributed by atoms with Crippen molar-refractivity contribution >= 4 is 17.0 Å². The fourth-order valence-corrected chi connectivity index (χ4v) is 1.79. The van der Waals surface area contributed by atoms with Gasteiger partial charge in [0, 0.05) is 24.4 Å². The molecule has 0 radical (unpaired) electrons. The standard InChI is InChI=1S/C13H10N4O3/c18-12(19)4-3-11-16-13(17-20-11)8-1-2-9-10(7-8)15-6-5-14-9/h1-2,5-7H,3-4H2,(H,18,19). The van der Waals surface area contributed by atoms with Crippen molar-refractivity contribution in [3.63, 3.8) is 0 Å². The molecule has 0 spiro atoms. The Balaban J connectivity index is 1.89. The van der Waals surface area contributed by atoms with Gasteiger partial charge in [0.25, 0.3) is 0 Å². The maximum Gasteiger partial charge on any atom is 0.303 e. The van der Waals surface area contributed by atoms with Gasteiger partial charge in [-0.05, 0) is 18.2 Å². The van der Waals surface area contributed by atoms with E-state index in [-0.39, 0.29) is 12.8 Å². The van der Waals surface area contributed by atoms with Gasteiger partial charge in [0.15, 0.2) is 0 Å². The van der Waals surface area contributed by atoms with Gasteiger partial charge >= 0.3 is 5.97 Å². The molecular weight excluding hydrogens is 260 g/mol. The van der Waals surface area contributed by atoms with E-state index < -0.39 is 5.97 Å². The number of aryl methyl sites for hydroxylation is 1. The summed E-state index contributed by atoms with van der Waals surface area (Å²) in [5.41, 5.74) is 2.27. The van der Waals surface area contributed by atoms with E-state index in [0.29, 0.717) is 11.7 Å². The van der Waals surface area contributed by atoms with Gasteiger partial charge in [-0.3, -0.25) is 14.8 Å². The van der Waals surface area contributed by atoms with Crippen LogP contribution < -0.4 is 0 Å². The van der Waals surface area contributed by atoms with E-state index in [1.54, 1.807) is 12.4 Å². The van der Waals surface area contributed by atoms with Crippen LogP contribution in [0.1, 0.15) is 12.3 Å². The molecule has 7 nitrogen and oxygen atoms in total. The third kappa shape index (κ3) is 2.46. The third-order valence-corrected chi connectivity index (χ3v) is 2.75. The Bertz CT molecular complexity index is 769. The van der Waals surface area contributed by atoms with Crippen molar-refractivity contribution in [1.82, 2.24) is 20.1 Å². The summed E-state index contributed by atoms with van der Waals surface area (Å²) in [6.45, 7) is 0. The Labute approximate surface area is 113 Å². The van der Waals surface area contributed by atoms with Crippen LogP contribution in [0.25, 0.3) is 22.4 Å². The lowest BCUT2D eigenvalue weighted by Gasteiger charge is -1.97. The normalized spacial score (nSPS) is 10.8. The number of carboxylic acids is 1. The summed E-state index contributed by atoms with van der Waals surface area (Å²) >= 11 is 0. The van der Waals surface area contributed by atoms with Crippen LogP contribution in [-0.2, 0) is 11.2 Å². The quantitative estimate of drug-likeness (QED) is 0.769. The molecule has 2 heterocycles. The van der Waals surface area contributed by atoms with Crippen LogP contribution in [0.4, 0.5) is 0 Å². The molecule has 0 aliphatic carbocycles. The van der Waals surface area contributed by atoms with Crippen LogP contribution in [0, 0.1) is 0 Å². The lowest BCUT2D eigenvalue weighted by atomic mass is 10.2. The molecule has 0 unspecified atom stereocenters. The van der Waals surface area contributed by atoms with Gasteiger partial charge in [0.1, 0.15) is 0 Å². The van der Waals surface area contributed by atoms with Gasteiger partial charge in [-0.15, -0.1) is 0 Å². The molecule has 0 saturated heterocycles. The van der Waals surface area contributed by atoms with Gasteiger partial charge in [0.05, 0.1) is 17.5 Å². The van der Waals surface area contributed by atoms with Gasteiger partial charge < -0.3 is 9.63 Å². The lowest BCUT2D eigenvalue weighted by Crippen LogP contribution is -1.97. The molecule has 0 fully saturated rings. The van der Waals surface area contributed by atoms with Crippen molar-refractivity contribution in [3.05, 3.63) is 36.5 Å². The van der Waals surface area contributed by atoms with E-state index in [1.807, 2.05) is 18.2 Å². The highest BCUT2D eigenvalue weighted by atomic mass is 16.5. The van der Waals surface area contributed by atoms with Crippen molar-refractivity contribution in [2.45, 2.75) is 12.8 Å². The molecule has 0 amide bonds. The molecule has 1 aromatic carbocycles. The zero-order valence-electron chi connectivity index (χ0n) is 10.4. The van der Waals surface area contributed by atoms with Gasteiger partial charge in [0.2, 0.25) is 11.7 Å². The lowest BCUT2D eigenvalue weighted by molar-refractivity contribution is -0.137. The second-order valence-electron chi connectivity index (χ2n) is 4.17. The number of rotatable bonds is 4. The molecule has 0 aliphatic rings. The molecule has 1 N–H and O–H groups in total.